The van der Waals surface area contributed by atoms with Crippen molar-refractivity contribution in [2.75, 3.05) is 5.32 Å². The lowest BCUT2D eigenvalue weighted by Gasteiger charge is -2.31. The van der Waals surface area contributed by atoms with Crippen molar-refractivity contribution in [1.82, 2.24) is 20.6 Å². The van der Waals surface area contributed by atoms with Gasteiger partial charge in [-0.3, -0.25) is 9.78 Å². The first-order valence-corrected chi connectivity index (χ1v) is 13.1. The Bertz CT molecular complexity index is 1270. The van der Waals surface area contributed by atoms with Crippen LogP contribution in [0.1, 0.15) is 62.5 Å². The number of pyridine rings is 2. The Morgan fingerprint density at radius 1 is 1.08 bits per heavy atom. The summed E-state index contributed by atoms with van der Waals surface area (Å²) in [7, 11) is 0. The van der Waals surface area contributed by atoms with Gasteiger partial charge in [0.05, 0.1) is 11.2 Å². The topological polar surface area (TPSA) is 105 Å². The van der Waals surface area contributed by atoms with Gasteiger partial charge in [-0.1, -0.05) is 12.1 Å². The molecule has 0 spiro atoms. The highest BCUT2D eigenvalue weighted by atomic mass is 79.9. The number of anilines is 1. The SMILES string of the molecule is CC(C)(C)OC(=O)NC1CCC(Nc2c(C(=O)NCc3ccc(F)cc3)nc(Br)c3cccnc23)CC1. The van der Waals surface area contributed by atoms with Gasteiger partial charge in [0.1, 0.15) is 16.0 Å². The van der Waals surface area contributed by atoms with Crippen LogP contribution < -0.4 is 16.0 Å². The van der Waals surface area contributed by atoms with Crippen LogP contribution in [-0.2, 0) is 11.3 Å². The summed E-state index contributed by atoms with van der Waals surface area (Å²) >= 11 is 3.48. The van der Waals surface area contributed by atoms with E-state index in [2.05, 4.69) is 41.8 Å². The molecule has 4 rings (SSSR count). The number of aromatic nitrogens is 2. The maximum atomic E-state index is 13.2. The number of rotatable bonds is 6. The maximum absolute atomic E-state index is 13.2. The van der Waals surface area contributed by atoms with Gasteiger partial charge in [0.25, 0.3) is 5.91 Å². The summed E-state index contributed by atoms with van der Waals surface area (Å²) in [6, 6.07) is 9.80. The molecule has 2 aromatic heterocycles. The molecule has 2 amide bonds. The molecule has 196 valence electrons. The Morgan fingerprint density at radius 3 is 2.43 bits per heavy atom. The number of amides is 2. The minimum absolute atomic E-state index is 0.0318. The van der Waals surface area contributed by atoms with Crippen LogP contribution >= 0.6 is 15.9 Å². The van der Waals surface area contributed by atoms with Crippen LogP contribution in [0.25, 0.3) is 10.9 Å². The molecule has 0 atom stereocenters. The number of nitrogens with one attached hydrogen (secondary N) is 3. The van der Waals surface area contributed by atoms with Crippen LogP contribution in [0, 0.1) is 5.82 Å². The number of carbonyl (C=O) groups is 2. The highest BCUT2D eigenvalue weighted by Gasteiger charge is 2.27. The molecule has 37 heavy (non-hydrogen) atoms. The minimum Gasteiger partial charge on any atom is -0.444 e. The van der Waals surface area contributed by atoms with Crippen molar-refractivity contribution in [2.45, 2.75) is 70.7 Å². The number of hydrogen-bond donors (Lipinski definition) is 3. The number of carbonyl (C=O) groups excluding carboxylic acids is 2. The van der Waals surface area contributed by atoms with Gasteiger partial charge in [0.15, 0.2) is 5.69 Å². The quantitative estimate of drug-likeness (QED) is 0.327. The number of halogens is 2. The fourth-order valence-corrected chi connectivity index (χ4v) is 4.82. The summed E-state index contributed by atoms with van der Waals surface area (Å²) in [6.45, 7) is 5.75. The van der Waals surface area contributed by atoms with Gasteiger partial charge in [0.2, 0.25) is 0 Å². The zero-order valence-electron chi connectivity index (χ0n) is 21.1. The summed E-state index contributed by atoms with van der Waals surface area (Å²) in [5.41, 5.74) is 1.68. The van der Waals surface area contributed by atoms with E-state index in [0.29, 0.717) is 15.8 Å². The molecule has 1 fully saturated rings. The molecule has 1 aliphatic rings. The number of hydrogen-bond acceptors (Lipinski definition) is 6. The molecule has 1 aromatic carbocycles. The van der Waals surface area contributed by atoms with Crippen LogP contribution in [0.5, 0.6) is 0 Å². The highest BCUT2D eigenvalue weighted by Crippen LogP contribution is 2.32. The molecular formula is C27H31BrFN5O3. The molecule has 0 saturated heterocycles. The fraction of sp³-hybridized carbons (Fsp3) is 0.407. The number of alkyl carbamates (subject to hydrolysis) is 1. The second-order valence-electron chi connectivity index (χ2n) is 10.2. The van der Waals surface area contributed by atoms with Gasteiger partial charge in [0, 0.05) is 30.2 Å². The summed E-state index contributed by atoms with van der Waals surface area (Å²) in [4.78, 5) is 34.5. The van der Waals surface area contributed by atoms with Crippen LogP contribution in [-0.4, -0.2) is 39.7 Å². The van der Waals surface area contributed by atoms with E-state index >= 15 is 0 Å². The predicted octanol–water partition coefficient (Wildman–Crippen LogP) is 5.71. The highest BCUT2D eigenvalue weighted by molar-refractivity contribution is 9.10. The number of fused-ring (bicyclic) bond motifs is 1. The Balaban J connectivity index is 1.48. The van der Waals surface area contributed by atoms with Crippen LogP contribution in [0.2, 0.25) is 0 Å². The second-order valence-corrected chi connectivity index (χ2v) is 10.9. The van der Waals surface area contributed by atoms with Crippen molar-refractivity contribution >= 4 is 44.5 Å². The van der Waals surface area contributed by atoms with E-state index < -0.39 is 11.7 Å². The normalized spacial score (nSPS) is 17.8. The summed E-state index contributed by atoms with van der Waals surface area (Å²) in [5, 5.41) is 10.1. The van der Waals surface area contributed by atoms with E-state index in [1.165, 1.54) is 12.1 Å². The van der Waals surface area contributed by atoms with E-state index in [1.807, 2.05) is 32.9 Å². The van der Waals surface area contributed by atoms with Crippen molar-refractivity contribution < 1.29 is 18.7 Å². The van der Waals surface area contributed by atoms with Crippen molar-refractivity contribution in [3.63, 3.8) is 0 Å². The van der Waals surface area contributed by atoms with Crippen molar-refractivity contribution in [3.8, 4) is 0 Å². The van der Waals surface area contributed by atoms with Crippen LogP contribution in [0.4, 0.5) is 14.9 Å². The van der Waals surface area contributed by atoms with E-state index in [4.69, 9.17) is 4.74 Å². The van der Waals surface area contributed by atoms with E-state index in [-0.39, 0.29) is 36.0 Å². The standard InChI is InChI=1S/C27H31BrFN5O3/c1-27(2,3)37-26(36)33-19-12-10-18(11-13-19)32-22-21-20(5-4-14-30-21)24(28)34-23(22)25(35)31-15-16-6-8-17(29)9-7-16/h4-9,14,18-19,32H,10-13,15H2,1-3H3,(H,31,35)(H,33,36). The zero-order valence-corrected chi connectivity index (χ0v) is 22.7. The third-order valence-corrected chi connectivity index (χ3v) is 6.70. The monoisotopic (exact) mass is 571 g/mol. The average Bonchev–Trinajstić information content (AvgIpc) is 2.85. The summed E-state index contributed by atoms with van der Waals surface area (Å²) < 4.78 is 19.1. The molecule has 3 aromatic rings. The zero-order chi connectivity index (χ0) is 26.6. The minimum atomic E-state index is -0.543. The molecule has 0 aliphatic heterocycles. The first-order valence-electron chi connectivity index (χ1n) is 12.3. The van der Waals surface area contributed by atoms with Gasteiger partial charge in [-0.2, -0.15) is 0 Å². The lowest BCUT2D eigenvalue weighted by molar-refractivity contribution is 0.0492. The average molecular weight is 572 g/mol. The van der Waals surface area contributed by atoms with Gasteiger partial charge < -0.3 is 20.7 Å². The Hall–Kier alpha value is -3.27. The molecule has 8 nitrogen and oxygen atoms in total. The van der Waals surface area contributed by atoms with Crippen molar-refractivity contribution in [2.24, 2.45) is 0 Å². The first-order chi connectivity index (χ1) is 17.6. The number of benzene rings is 1. The second kappa shape index (κ2) is 11.4. The van der Waals surface area contributed by atoms with Crippen molar-refractivity contribution in [3.05, 3.63) is 64.3 Å². The third kappa shape index (κ3) is 7.15. The maximum Gasteiger partial charge on any atom is 0.407 e. The largest absolute Gasteiger partial charge is 0.444 e. The smallest absolute Gasteiger partial charge is 0.407 e. The van der Waals surface area contributed by atoms with E-state index in [9.17, 15) is 14.0 Å². The summed E-state index contributed by atoms with van der Waals surface area (Å²) in [5.74, 6) is -0.691. The number of ether oxygens (including phenoxy) is 1. The Kier molecular flexibility index (Phi) is 8.26. The van der Waals surface area contributed by atoms with E-state index in [0.717, 1.165) is 36.6 Å². The molecule has 1 saturated carbocycles. The Labute approximate surface area is 223 Å². The summed E-state index contributed by atoms with van der Waals surface area (Å²) in [6.07, 6.45) is 4.41. The molecule has 3 N–H and O–H groups in total. The van der Waals surface area contributed by atoms with Crippen LogP contribution in [0.3, 0.4) is 0 Å². The van der Waals surface area contributed by atoms with Gasteiger partial charge in [-0.05, 0) is 92.2 Å². The molecule has 10 heteroatoms. The molecule has 0 radical (unpaired) electrons. The third-order valence-electron chi connectivity index (χ3n) is 6.09. The number of nitrogens with zero attached hydrogens (tertiary/aromatic N) is 2. The van der Waals surface area contributed by atoms with Crippen molar-refractivity contribution in [1.29, 1.82) is 0 Å². The fourth-order valence-electron chi connectivity index (χ4n) is 4.33. The molecule has 0 bridgehead atoms. The Morgan fingerprint density at radius 2 is 1.76 bits per heavy atom. The molecule has 1 aliphatic carbocycles. The first kappa shape index (κ1) is 26.8. The molecule has 2 heterocycles. The molecule has 0 unspecified atom stereocenters. The molecular weight excluding hydrogens is 541 g/mol. The predicted molar refractivity (Wildman–Crippen MR) is 144 cm³/mol. The van der Waals surface area contributed by atoms with Crippen LogP contribution in [0.15, 0.2) is 47.2 Å². The lowest BCUT2D eigenvalue weighted by Crippen LogP contribution is -2.42. The van der Waals surface area contributed by atoms with Gasteiger partial charge in [-0.25, -0.2) is 14.2 Å². The van der Waals surface area contributed by atoms with E-state index in [1.54, 1.807) is 18.3 Å². The lowest BCUT2D eigenvalue weighted by atomic mass is 9.91. The van der Waals surface area contributed by atoms with Gasteiger partial charge >= 0.3 is 6.09 Å². The van der Waals surface area contributed by atoms with Gasteiger partial charge in [-0.15, -0.1) is 0 Å².